The minimum Gasteiger partial charge on any atom is -0.481 e. The minimum atomic E-state index is -0.554. The number of amides is 1. The first-order chi connectivity index (χ1) is 11.6. The summed E-state index contributed by atoms with van der Waals surface area (Å²) in [6.45, 7) is 0.456. The van der Waals surface area contributed by atoms with Crippen molar-refractivity contribution in [3.05, 3.63) is 65.1 Å². The number of halogens is 1. The average Bonchev–Trinajstić information content (AvgIpc) is 3.03. The quantitative estimate of drug-likeness (QED) is 0.772. The third-order valence-electron chi connectivity index (χ3n) is 3.47. The molecule has 2 aromatic heterocycles. The summed E-state index contributed by atoms with van der Waals surface area (Å²) in [6.07, 6.45) is 3.40. The Hall–Kier alpha value is -2.86. The zero-order valence-corrected chi connectivity index (χ0v) is 13.7. The van der Waals surface area contributed by atoms with Crippen LogP contribution < -0.4 is 10.5 Å². The Morgan fingerprint density at radius 1 is 1.33 bits per heavy atom. The normalized spacial score (nSPS) is 10.6. The topological polar surface area (TPSA) is 83.0 Å². The standard InChI is InChI=1S/C17H15ClN4O2/c1-24-17-14(12-3-2-4-13(18)8-12)7-11(9-20-17)10-22-6-5-15(21-22)16(19)23/h2-9H,10H2,1H3,(H2,19,23). The summed E-state index contributed by atoms with van der Waals surface area (Å²) in [7, 11) is 1.57. The van der Waals surface area contributed by atoms with Crippen LogP contribution in [-0.4, -0.2) is 27.8 Å². The molecule has 0 aliphatic rings. The smallest absolute Gasteiger partial charge is 0.269 e. The number of rotatable bonds is 5. The van der Waals surface area contributed by atoms with Gasteiger partial charge in [-0.25, -0.2) is 4.98 Å². The summed E-state index contributed by atoms with van der Waals surface area (Å²) < 4.78 is 6.97. The van der Waals surface area contributed by atoms with E-state index in [0.29, 0.717) is 17.4 Å². The fourth-order valence-electron chi connectivity index (χ4n) is 2.38. The molecule has 0 unspecified atom stereocenters. The number of benzene rings is 1. The Labute approximate surface area is 143 Å². The maximum absolute atomic E-state index is 11.1. The van der Waals surface area contributed by atoms with Crippen molar-refractivity contribution in [3.8, 4) is 17.0 Å². The molecule has 0 fully saturated rings. The zero-order valence-electron chi connectivity index (χ0n) is 12.9. The van der Waals surface area contributed by atoms with E-state index in [1.54, 1.807) is 30.3 Å². The Morgan fingerprint density at radius 3 is 2.83 bits per heavy atom. The first kappa shape index (κ1) is 16.0. The maximum atomic E-state index is 11.1. The summed E-state index contributed by atoms with van der Waals surface area (Å²) in [5, 5.41) is 4.76. The molecule has 122 valence electrons. The summed E-state index contributed by atoms with van der Waals surface area (Å²) in [5.41, 5.74) is 8.09. The van der Waals surface area contributed by atoms with Crippen LogP contribution in [0, 0.1) is 0 Å². The first-order valence-electron chi connectivity index (χ1n) is 7.19. The molecule has 0 radical (unpaired) electrons. The number of nitrogens with zero attached hydrogens (tertiary/aromatic N) is 3. The van der Waals surface area contributed by atoms with Crippen molar-refractivity contribution in [1.29, 1.82) is 0 Å². The van der Waals surface area contributed by atoms with E-state index in [0.717, 1.165) is 16.7 Å². The van der Waals surface area contributed by atoms with Gasteiger partial charge in [0.1, 0.15) is 5.69 Å². The van der Waals surface area contributed by atoms with Gasteiger partial charge in [0.2, 0.25) is 5.88 Å². The van der Waals surface area contributed by atoms with Gasteiger partial charge in [0.05, 0.1) is 13.7 Å². The Morgan fingerprint density at radius 2 is 2.17 bits per heavy atom. The van der Waals surface area contributed by atoms with Crippen molar-refractivity contribution in [3.63, 3.8) is 0 Å². The summed E-state index contributed by atoms with van der Waals surface area (Å²) in [4.78, 5) is 15.5. The van der Waals surface area contributed by atoms with Crippen LogP contribution in [0.15, 0.2) is 48.8 Å². The SMILES string of the molecule is COc1ncc(Cn2ccc(C(N)=O)n2)cc1-c1cccc(Cl)c1. The predicted octanol–water partition coefficient (Wildman–Crippen LogP) is 2.75. The van der Waals surface area contributed by atoms with Gasteiger partial charge in [0, 0.05) is 23.0 Å². The van der Waals surface area contributed by atoms with Crippen LogP contribution in [-0.2, 0) is 6.54 Å². The van der Waals surface area contributed by atoms with Gasteiger partial charge in [-0.05, 0) is 35.4 Å². The molecule has 1 aromatic carbocycles. The monoisotopic (exact) mass is 342 g/mol. The van der Waals surface area contributed by atoms with E-state index < -0.39 is 5.91 Å². The van der Waals surface area contributed by atoms with Crippen molar-refractivity contribution >= 4 is 17.5 Å². The number of pyridine rings is 1. The van der Waals surface area contributed by atoms with E-state index in [1.165, 1.54) is 0 Å². The number of aromatic nitrogens is 3. The largest absolute Gasteiger partial charge is 0.481 e. The lowest BCUT2D eigenvalue weighted by atomic mass is 10.1. The Kier molecular flexibility index (Phi) is 4.48. The zero-order chi connectivity index (χ0) is 17.1. The number of primary amides is 1. The molecule has 0 saturated carbocycles. The summed E-state index contributed by atoms with van der Waals surface area (Å²) >= 11 is 6.07. The number of methoxy groups -OCH3 is 1. The molecule has 0 bridgehead atoms. The van der Waals surface area contributed by atoms with Gasteiger partial charge < -0.3 is 10.5 Å². The number of carbonyl (C=O) groups is 1. The number of hydrogen-bond acceptors (Lipinski definition) is 4. The van der Waals surface area contributed by atoms with Crippen LogP contribution >= 0.6 is 11.6 Å². The lowest BCUT2D eigenvalue weighted by Gasteiger charge is -2.10. The summed E-state index contributed by atoms with van der Waals surface area (Å²) in [5.74, 6) is -0.0412. The van der Waals surface area contributed by atoms with E-state index in [2.05, 4.69) is 10.1 Å². The second kappa shape index (κ2) is 6.72. The Bertz CT molecular complexity index is 892. The lowest BCUT2D eigenvalue weighted by molar-refractivity contribution is 0.0995. The molecule has 3 aromatic rings. The molecule has 0 saturated heterocycles. The molecule has 0 atom stereocenters. The molecule has 0 aliphatic carbocycles. The van der Waals surface area contributed by atoms with Crippen LogP contribution in [0.4, 0.5) is 0 Å². The average molecular weight is 343 g/mol. The van der Waals surface area contributed by atoms with Gasteiger partial charge in [-0.15, -0.1) is 0 Å². The highest BCUT2D eigenvalue weighted by atomic mass is 35.5. The minimum absolute atomic E-state index is 0.228. The van der Waals surface area contributed by atoms with E-state index in [4.69, 9.17) is 22.1 Å². The number of carbonyl (C=O) groups excluding carboxylic acids is 1. The van der Waals surface area contributed by atoms with Crippen molar-refractivity contribution in [2.24, 2.45) is 5.73 Å². The molecule has 7 heteroatoms. The van der Waals surface area contributed by atoms with Crippen LogP contribution in [0.3, 0.4) is 0 Å². The second-order valence-electron chi connectivity index (χ2n) is 5.17. The fraction of sp³-hybridized carbons (Fsp3) is 0.118. The van der Waals surface area contributed by atoms with Gasteiger partial charge in [0.15, 0.2) is 0 Å². The highest BCUT2D eigenvalue weighted by Gasteiger charge is 2.11. The van der Waals surface area contributed by atoms with Gasteiger partial charge in [-0.1, -0.05) is 23.7 Å². The molecule has 2 N–H and O–H groups in total. The van der Waals surface area contributed by atoms with E-state index >= 15 is 0 Å². The lowest BCUT2D eigenvalue weighted by Crippen LogP contribution is -2.12. The van der Waals surface area contributed by atoms with Gasteiger partial charge in [-0.3, -0.25) is 9.48 Å². The molecule has 0 spiro atoms. The molecule has 1 amide bonds. The number of hydrogen-bond donors (Lipinski definition) is 1. The van der Waals surface area contributed by atoms with Gasteiger partial charge >= 0.3 is 0 Å². The van der Waals surface area contributed by atoms with Crippen molar-refractivity contribution in [2.45, 2.75) is 6.54 Å². The predicted molar refractivity (Wildman–Crippen MR) is 91.1 cm³/mol. The van der Waals surface area contributed by atoms with E-state index in [1.807, 2.05) is 30.3 Å². The number of nitrogens with two attached hydrogens (primary N) is 1. The highest BCUT2D eigenvalue weighted by Crippen LogP contribution is 2.30. The van der Waals surface area contributed by atoms with E-state index in [9.17, 15) is 4.79 Å². The maximum Gasteiger partial charge on any atom is 0.269 e. The van der Waals surface area contributed by atoms with Crippen LogP contribution in [0.5, 0.6) is 5.88 Å². The molecule has 2 heterocycles. The summed E-state index contributed by atoms with van der Waals surface area (Å²) in [6, 6.07) is 11.0. The van der Waals surface area contributed by atoms with Crippen molar-refractivity contribution < 1.29 is 9.53 Å². The molecule has 24 heavy (non-hydrogen) atoms. The molecular formula is C17H15ClN4O2. The van der Waals surface area contributed by atoms with Crippen molar-refractivity contribution in [1.82, 2.24) is 14.8 Å². The third-order valence-corrected chi connectivity index (χ3v) is 3.71. The van der Waals surface area contributed by atoms with Crippen LogP contribution in [0.25, 0.3) is 11.1 Å². The van der Waals surface area contributed by atoms with Crippen LogP contribution in [0.1, 0.15) is 16.1 Å². The first-order valence-corrected chi connectivity index (χ1v) is 7.56. The molecule has 6 nitrogen and oxygen atoms in total. The van der Waals surface area contributed by atoms with Gasteiger partial charge in [-0.2, -0.15) is 5.10 Å². The van der Waals surface area contributed by atoms with E-state index in [-0.39, 0.29) is 5.69 Å². The Balaban J connectivity index is 1.95. The highest BCUT2D eigenvalue weighted by molar-refractivity contribution is 6.30. The van der Waals surface area contributed by atoms with Crippen molar-refractivity contribution in [2.75, 3.05) is 7.11 Å². The molecular weight excluding hydrogens is 328 g/mol. The fourth-order valence-corrected chi connectivity index (χ4v) is 2.57. The van der Waals surface area contributed by atoms with Crippen LogP contribution in [0.2, 0.25) is 5.02 Å². The number of ether oxygens (including phenoxy) is 1. The molecule has 3 rings (SSSR count). The second-order valence-corrected chi connectivity index (χ2v) is 5.61. The van der Waals surface area contributed by atoms with Gasteiger partial charge in [0.25, 0.3) is 5.91 Å². The molecule has 0 aliphatic heterocycles. The third kappa shape index (κ3) is 3.38.